The maximum atomic E-state index is 12.8. The normalized spacial score (nSPS) is 15.2. The topological polar surface area (TPSA) is 34.0 Å². The van der Waals surface area contributed by atoms with E-state index in [-0.39, 0.29) is 5.91 Å². The average Bonchev–Trinajstić information content (AvgIpc) is 3.29. The number of nitrogens with zero attached hydrogens (tertiary/aromatic N) is 1. The number of hydrogen-bond acceptors (Lipinski definition) is 2. The zero-order valence-corrected chi connectivity index (χ0v) is 14.9. The van der Waals surface area contributed by atoms with Crippen molar-refractivity contribution in [2.75, 3.05) is 0 Å². The van der Waals surface area contributed by atoms with Gasteiger partial charge < -0.3 is 9.88 Å². The molecule has 3 nitrogen and oxygen atoms in total. The number of carbonyl (C=O) groups excluding carboxylic acids is 1. The number of rotatable bonds is 4. The van der Waals surface area contributed by atoms with Gasteiger partial charge in [0.2, 0.25) is 0 Å². The van der Waals surface area contributed by atoms with Gasteiger partial charge in [-0.1, -0.05) is 42.6 Å². The maximum absolute atomic E-state index is 12.8. The number of fused-ring (bicyclic) bond motifs is 1. The summed E-state index contributed by atoms with van der Waals surface area (Å²) in [5, 5.41) is 5.82. The van der Waals surface area contributed by atoms with Crippen LogP contribution in [0.1, 0.15) is 47.8 Å². The molecule has 1 fully saturated rings. The van der Waals surface area contributed by atoms with Crippen LogP contribution in [0.4, 0.5) is 0 Å². The van der Waals surface area contributed by atoms with E-state index in [0.29, 0.717) is 17.6 Å². The third-order valence-electron chi connectivity index (χ3n) is 4.78. The quantitative estimate of drug-likeness (QED) is 0.665. The van der Waals surface area contributed by atoms with Crippen LogP contribution in [0.25, 0.3) is 10.2 Å². The van der Waals surface area contributed by atoms with Gasteiger partial charge in [-0.2, -0.15) is 0 Å². The molecule has 124 valence electrons. The molecule has 1 N–H and O–H groups in total. The van der Waals surface area contributed by atoms with Crippen molar-refractivity contribution in [1.82, 2.24) is 9.88 Å². The SMILES string of the molecule is O=C(NCc1ccccc1Cl)c1cc2sccc2n1C1CCCC1. The molecule has 1 aliphatic carbocycles. The van der Waals surface area contributed by atoms with E-state index < -0.39 is 0 Å². The molecule has 5 heteroatoms. The molecule has 2 aromatic heterocycles. The predicted octanol–water partition coefficient (Wildman–Crippen LogP) is 5.40. The minimum atomic E-state index is -0.0229. The molecule has 1 saturated carbocycles. The molecule has 2 heterocycles. The number of thiophene rings is 1. The maximum Gasteiger partial charge on any atom is 0.268 e. The molecule has 4 rings (SSSR count). The molecule has 0 aliphatic heterocycles. The van der Waals surface area contributed by atoms with Crippen LogP contribution in [-0.2, 0) is 6.54 Å². The first-order chi connectivity index (χ1) is 11.7. The van der Waals surface area contributed by atoms with Crippen LogP contribution in [0.15, 0.2) is 41.8 Å². The highest BCUT2D eigenvalue weighted by molar-refractivity contribution is 7.17. The highest BCUT2D eigenvalue weighted by atomic mass is 35.5. The lowest BCUT2D eigenvalue weighted by Crippen LogP contribution is -2.26. The van der Waals surface area contributed by atoms with Gasteiger partial charge in [0.25, 0.3) is 5.91 Å². The molecule has 0 unspecified atom stereocenters. The lowest BCUT2D eigenvalue weighted by atomic mass is 10.2. The van der Waals surface area contributed by atoms with Crippen molar-refractivity contribution in [3.8, 4) is 0 Å². The summed E-state index contributed by atoms with van der Waals surface area (Å²) in [7, 11) is 0. The van der Waals surface area contributed by atoms with E-state index in [9.17, 15) is 4.79 Å². The van der Waals surface area contributed by atoms with E-state index in [2.05, 4.69) is 21.3 Å². The molecule has 0 spiro atoms. The van der Waals surface area contributed by atoms with Crippen molar-refractivity contribution in [2.45, 2.75) is 38.3 Å². The third kappa shape index (κ3) is 2.85. The fraction of sp³-hybridized carbons (Fsp3) is 0.316. The molecule has 1 aromatic carbocycles. The highest BCUT2D eigenvalue weighted by Crippen LogP contribution is 2.36. The van der Waals surface area contributed by atoms with Crippen molar-refractivity contribution in [1.29, 1.82) is 0 Å². The molecular formula is C19H19ClN2OS. The Morgan fingerprint density at radius 2 is 2.04 bits per heavy atom. The summed E-state index contributed by atoms with van der Waals surface area (Å²) >= 11 is 7.87. The molecule has 1 amide bonds. The fourth-order valence-electron chi connectivity index (χ4n) is 3.58. The van der Waals surface area contributed by atoms with Crippen LogP contribution in [-0.4, -0.2) is 10.5 Å². The van der Waals surface area contributed by atoms with Gasteiger partial charge >= 0.3 is 0 Å². The second-order valence-electron chi connectivity index (χ2n) is 6.28. The van der Waals surface area contributed by atoms with Crippen molar-refractivity contribution in [3.63, 3.8) is 0 Å². The molecule has 1 aliphatic rings. The number of aromatic nitrogens is 1. The van der Waals surface area contributed by atoms with Gasteiger partial charge in [-0.05, 0) is 42.0 Å². The largest absolute Gasteiger partial charge is 0.347 e. The van der Waals surface area contributed by atoms with Gasteiger partial charge in [0.1, 0.15) is 5.69 Å². The summed E-state index contributed by atoms with van der Waals surface area (Å²) in [4.78, 5) is 12.8. The van der Waals surface area contributed by atoms with Gasteiger partial charge in [0, 0.05) is 17.6 Å². The first-order valence-electron chi connectivity index (χ1n) is 8.34. The molecule has 0 bridgehead atoms. The summed E-state index contributed by atoms with van der Waals surface area (Å²) in [5.41, 5.74) is 2.90. The van der Waals surface area contributed by atoms with Crippen molar-refractivity contribution in [2.24, 2.45) is 0 Å². The van der Waals surface area contributed by atoms with Gasteiger partial charge in [-0.25, -0.2) is 0 Å². The zero-order valence-electron chi connectivity index (χ0n) is 13.3. The van der Waals surface area contributed by atoms with E-state index in [0.717, 1.165) is 24.1 Å². The van der Waals surface area contributed by atoms with E-state index in [1.54, 1.807) is 11.3 Å². The lowest BCUT2D eigenvalue weighted by molar-refractivity contribution is 0.0940. The molecule has 0 atom stereocenters. The average molecular weight is 359 g/mol. The summed E-state index contributed by atoms with van der Waals surface area (Å²) in [5.74, 6) is -0.0229. The Morgan fingerprint density at radius 1 is 1.25 bits per heavy atom. The fourth-order valence-corrected chi connectivity index (χ4v) is 4.60. The smallest absolute Gasteiger partial charge is 0.268 e. The lowest BCUT2D eigenvalue weighted by Gasteiger charge is -2.17. The zero-order chi connectivity index (χ0) is 16.5. The predicted molar refractivity (Wildman–Crippen MR) is 99.9 cm³/mol. The Hall–Kier alpha value is -1.78. The number of hydrogen-bond donors (Lipinski definition) is 1. The number of halogens is 1. The van der Waals surface area contributed by atoms with Crippen LogP contribution < -0.4 is 5.32 Å². The number of benzene rings is 1. The van der Waals surface area contributed by atoms with Crippen LogP contribution in [0.2, 0.25) is 5.02 Å². The van der Waals surface area contributed by atoms with Gasteiger partial charge in [0.15, 0.2) is 0 Å². The van der Waals surface area contributed by atoms with E-state index in [1.165, 1.54) is 23.1 Å². The Balaban J connectivity index is 1.61. The van der Waals surface area contributed by atoms with E-state index in [1.807, 2.05) is 30.3 Å². The monoisotopic (exact) mass is 358 g/mol. The number of carbonyl (C=O) groups is 1. The minimum Gasteiger partial charge on any atom is -0.347 e. The van der Waals surface area contributed by atoms with Gasteiger partial charge in [-0.15, -0.1) is 11.3 Å². The van der Waals surface area contributed by atoms with Crippen LogP contribution in [0.3, 0.4) is 0 Å². The molecule has 24 heavy (non-hydrogen) atoms. The van der Waals surface area contributed by atoms with Crippen LogP contribution in [0, 0.1) is 0 Å². The summed E-state index contributed by atoms with van der Waals surface area (Å²) in [6.45, 7) is 0.446. The Kier molecular flexibility index (Phi) is 4.33. The first-order valence-corrected chi connectivity index (χ1v) is 9.60. The summed E-state index contributed by atoms with van der Waals surface area (Å²) in [6.07, 6.45) is 4.80. The van der Waals surface area contributed by atoms with Crippen molar-refractivity contribution >= 4 is 39.1 Å². The summed E-state index contributed by atoms with van der Waals surface area (Å²) < 4.78 is 3.44. The Labute approximate surface area is 150 Å². The second kappa shape index (κ2) is 6.61. The first kappa shape index (κ1) is 15.7. The molecule has 3 aromatic rings. The van der Waals surface area contributed by atoms with Crippen molar-refractivity contribution < 1.29 is 4.79 Å². The molecule has 0 saturated heterocycles. The molecular weight excluding hydrogens is 340 g/mol. The summed E-state index contributed by atoms with van der Waals surface area (Å²) in [6, 6.07) is 12.2. The highest BCUT2D eigenvalue weighted by Gasteiger charge is 2.24. The van der Waals surface area contributed by atoms with Crippen molar-refractivity contribution in [3.05, 3.63) is 58.1 Å². The van der Waals surface area contributed by atoms with Crippen LogP contribution in [0.5, 0.6) is 0 Å². The number of nitrogens with one attached hydrogen (secondary N) is 1. The van der Waals surface area contributed by atoms with Gasteiger partial charge in [0.05, 0.1) is 10.2 Å². The third-order valence-corrected chi connectivity index (χ3v) is 6.00. The standard InChI is InChI=1S/C19H19ClN2OS/c20-15-8-4-1-5-13(15)12-21-19(23)17-11-18-16(9-10-24-18)22(17)14-6-2-3-7-14/h1,4-5,8-11,14H,2-3,6-7,12H2,(H,21,23). The second-order valence-corrected chi connectivity index (χ2v) is 7.64. The van der Waals surface area contributed by atoms with Crippen LogP contribution >= 0.6 is 22.9 Å². The molecule has 0 radical (unpaired) electrons. The number of amides is 1. The van der Waals surface area contributed by atoms with E-state index in [4.69, 9.17) is 11.6 Å². The minimum absolute atomic E-state index is 0.0229. The van der Waals surface area contributed by atoms with E-state index >= 15 is 0 Å². The van der Waals surface area contributed by atoms with Gasteiger partial charge in [-0.3, -0.25) is 4.79 Å². The Bertz CT molecular complexity index is 877. The Morgan fingerprint density at radius 3 is 2.83 bits per heavy atom.